The van der Waals surface area contributed by atoms with Crippen molar-refractivity contribution in [2.24, 2.45) is 0 Å². The number of carbonyl (C=O) groups excluding carboxylic acids is 2. The lowest BCUT2D eigenvalue weighted by Crippen LogP contribution is -2.40. The van der Waals surface area contributed by atoms with E-state index in [-0.39, 0.29) is 12.5 Å². The minimum Gasteiger partial charge on any atom is -0.473 e. The molecule has 0 aliphatic carbocycles. The van der Waals surface area contributed by atoms with Gasteiger partial charge in [0.05, 0.1) is 0 Å². The molecule has 0 fully saturated rings. The molecule has 28 heavy (non-hydrogen) atoms. The quantitative estimate of drug-likeness (QED) is 0.792. The van der Waals surface area contributed by atoms with Crippen LogP contribution in [0.1, 0.15) is 31.9 Å². The lowest BCUT2D eigenvalue weighted by molar-refractivity contribution is -0.122. The maximum Gasteiger partial charge on any atom is 0.410 e. The number of nitrogens with one attached hydrogen (secondary N) is 1. The first-order chi connectivity index (χ1) is 13.2. The zero-order valence-corrected chi connectivity index (χ0v) is 16.8. The molecule has 1 aromatic heterocycles. The molecule has 2 amide bonds. The van der Waals surface area contributed by atoms with Crippen LogP contribution in [0, 0.1) is 0 Å². The van der Waals surface area contributed by atoms with Gasteiger partial charge < -0.3 is 19.7 Å². The Balaban J connectivity index is 1.80. The average molecular weight is 385 g/mol. The molecule has 0 saturated heterocycles. The van der Waals surface area contributed by atoms with Gasteiger partial charge in [0.15, 0.2) is 0 Å². The van der Waals surface area contributed by atoms with E-state index < -0.39 is 11.7 Å². The Morgan fingerprint density at radius 2 is 1.82 bits per heavy atom. The van der Waals surface area contributed by atoms with Crippen LogP contribution < -0.4 is 10.1 Å². The maximum absolute atomic E-state index is 12.1. The first kappa shape index (κ1) is 21.2. The Hall–Kier alpha value is -3.09. The summed E-state index contributed by atoms with van der Waals surface area (Å²) in [5.74, 6) is 0.207. The second-order valence-corrected chi connectivity index (χ2v) is 7.39. The first-order valence-electron chi connectivity index (χ1n) is 9.05. The monoisotopic (exact) mass is 385 g/mol. The molecule has 0 bridgehead atoms. The molecular formula is C21H27N3O4. The van der Waals surface area contributed by atoms with Gasteiger partial charge in [-0.05, 0) is 38.0 Å². The number of benzene rings is 1. The summed E-state index contributed by atoms with van der Waals surface area (Å²) in [7, 11) is 1.52. The smallest absolute Gasteiger partial charge is 0.410 e. The molecule has 1 heterocycles. The number of pyridine rings is 1. The molecule has 2 rings (SSSR count). The summed E-state index contributed by atoms with van der Waals surface area (Å²) < 4.78 is 10.9. The molecule has 0 aliphatic heterocycles. The number of carbonyl (C=O) groups is 2. The molecule has 7 heteroatoms. The fourth-order valence-corrected chi connectivity index (χ4v) is 2.25. The summed E-state index contributed by atoms with van der Waals surface area (Å²) in [4.78, 5) is 29.4. The van der Waals surface area contributed by atoms with E-state index in [0.29, 0.717) is 19.0 Å². The standard InChI is InChI=1S/C21H27N3O4/c1-21(2,3)28-20(26)24(4)14-18(25)23-13-17-10-11-22-19(12-17)27-15-16-8-6-5-7-9-16/h5-12H,13-15H2,1-4H3,(H,23,25). The molecule has 1 N–H and O–H groups in total. The molecule has 0 atom stereocenters. The lowest BCUT2D eigenvalue weighted by Gasteiger charge is -2.24. The molecule has 7 nitrogen and oxygen atoms in total. The second-order valence-electron chi connectivity index (χ2n) is 7.39. The third kappa shape index (κ3) is 7.65. The van der Waals surface area contributed by atoms with Gasteiger partial charge in [-0.25, -0.2) is 9.78 Å². The number of amides is 2. The second kappa shape index (κ2) is 9.73. The Kier molecular flexibility index (Phi) is 7.37. The zero-order valence-electron chi connectivity index (χ0n) is 16.8. The largest absolute Gasteiger partial charge is 0.473 e. The summed E-state index contributed by atoms with van der Waals surface area (Å²) in [5.41, 5.74) is 1.30. The van der Waals surface area contributed by atoms with Gasteiger partial charge in [-0.2, -0.15) is 0 Å². The van der Waals surface area contributed by atoms with Crippen molar-refractivity contribution in [3.8, 4) is 5.88 Å². The Morgan fingerprint density at radius 1 is 1.11 bits per heavy atom. The Bertz CT molecular complexity index is 788. The van der Waals surface area contributed by atoms with Gasteiger partial charge in [-0.1, -0.05) is 30.3 Å². The third-order valence-corrected chi connectivity index (χ3v) is 3.60. The van der Waals surface area contributed by atoms with E-state index in [2.05, 4.69) is 10.3 Å². The fraction of sp³-hybridized carbons (Fsp3) is 0.381. The van der Waals surface area contributed by atoms with Crippen molar-refractivity contribution >= 4 is 12.0 Å². The van der Waals surface area contributed by atoms with Gasteiger partial charge in [0, 0.05) is 25.9 Å². The van der Waals surface area contributed by atoms with Crippen molar-refractivity contribution in [3.05, 3.63) is 59.8 Å². The van der Waals surface area contributed by atoms with Crippen molar-refractivity contribution in [1.82, 2.24) is 15.2 Å². The van der Waals surface area contributed by atoms with Crippen LogP contribution in [0.15, 0.2) is 48.7 Å². The van der Waals surface area contributed by atoms with E-state index in [9.17, 15) is 9.59 Å². The van der Waals surface area contributed by atoms with Crippen LogP contribution in [0.2, 0.25) is 0 Å². The number of ether oxygens (including phenoxy) is 2. The van der Waals surface area contributed by atoms with Gasteiger partial charge >= 0.3 is 6.09 Å². The first-order valence-corrected chi connectivity index (χ1v) is 9.05. The van der Waals surface area contributed by atoms with Gasteiger partial charge in [0.2, 0.25) is 11.8 Å². The zero-order chi connectivity index (χ0) is 20.6. The third-order valence-electron chi connectivity index (χ3n) is 3.60. The molecule has 0 unspecified atom stereocenters. The lowest BCUT2D eigenvalue weighted by atomic mass is 10.2. The van der Waals surface area contributed by atoms with Crippen molar-refractivity contribution < 1.29 is 19.1 Å². The molecule has 0 radical (unpaired) electrons. The Labute approximate surface area is 165 Å². The van der Waals surface area contributed by atoms with Crippen molar-refractivity contribution in [3.63, 3.8) is 0 Å². The highest BCUT2D eigenvalue weighted by Crippen LogP contribution is 2.12. The van der Waals surface area contributed by atoms with Crippen molar-refractivity contribution in [2.45, 2.75) is 39.5 Å². The predicted octanol–water partition coefficient (Wildman–Crippen LogP) is 3.14. The molecule has 0 saturated carbocycles. The van der Waals surface area contributed by atoms with E-state index in [4.69, 9.17) is 9.47 Å². The van der Waals surface area contributed by atoms with Gasteiger partial charge in [-0.3, -0.25) is 4.79 Å². The summed E-state index contributed by atoms with van der Waals surface area (Å²) in [5, 5.41) is 2.78. The summed E-state index contributed by atoms with van der Waals surface area (Å²) in [6, 6.07) is 13.4. The molecule has 150 valence electrons. The van der Waals surface area contributed by atoms with Crippen LogP contribution in [0.5, 0.6) is 5.88 Å². The number of hydrogen-bond donors (Lipinski definition) is 1. The van der Waals surface area contributed by atoms with Crippen molar-refractivity contribution in [1.29, 1.82) is 0 Å². The number of nitrogens with zero attached hydrogens (tertiary/aromatic N) is 2. The summed E-state index contributed by atoms with van der Waals surface area (Å²) in [6.07, 6.45) is 1.09. The topological polar surface area (TPSA) is 80.8 Å². The average Bonchev–Trinajstić information content (AvgIpc) is 2.64. The SMILES string of the molecule is CN(CC(=O)NCc1ccnc(OCc2ccccc2)c1)C(=O)OC(C)(C)C. The van der Waals surface area contributed by atoms with Crippen LogP contribution in [0.25, 0.3) is 0 Å². The van der Waals surface area contributed by atoms with Gasteiger partial charge in [-0.15, -0.1) is 0 Å². The Morgan fingerprint density at radius 3 is 2.50 bits per heavy atom. The van der Waals surface area contributed by atoms with Crippen LogP contribution in [0.4, 0.5) is 4.79 Å². The van der Waals surface area contributed by atoms with Crippen LogP contribution in [0.3, 0.4) is 0 Å². The highest BCUT2D eigenvalue weighted by Gasteiger charge is 2.21. The summed E-state index contributed by atoms with van der Waals surface area (Å²) in [6.45, 7) is 5.98. The van der Waals surface area contributed by atoms with Crippen LogP contribution in [-0.4, -0.2) is 41.1 Å². The predicted molar refractivity (Wildman–Crippen MR) is 106 cm³/mol. The number of aromatic nitrogens is 1. The highest BCUT2D eigenvalue weighted by molar-refractivity contribution is 5.82. The number of hydrogen-bond acceptors (Lipinski definition) is 5. The van der Waals surface area contributed by atoms with E-state index >= 15 is 0 Å². The van der Waals surface area contributed by atoms with Gasteiger partial charge in [0.1, 0.15) is 18.8 Å². The fourth-order valence-electron chi connectivity index (χ4n) is 2.25. The number of likely N-dealkylation sites (N-methyl/N-ethyl adjacent to an activating group) is 1. The van der Waals surface area contributed by atoms with Crippen molar-refractivity contribution in [2.75, 3.05) is 13.6 Å². The highest BCUT2D eigenvalue weighted by atomic mass is 16.6. The van der Waals surface area contributed by atoms with Gasteiger partial charge in [0.25, 0.3) is 0 Å². The normalized spacial score (nSPS) is 10.9. The van der Waals surface area contributed by atoms with E-state index in [1.54, 1.807) is 39.1 Å². The molecule has 0 aliphatic rings. The number of rotatable bonds is 7. The van der Waals surface area contributed by atoms with E-state index in [1.807, 2.05) is 30.3 Å². The van der Waals surface area contributed by atoms with E-state index in [0.717, 1.165) is 11.1 Å². The summed E-state index contributed by atoms with van der Waals surface area (Å²) >= 11 is 0. The molecule has 0 spiro atoms. The molecule has 1 aromatic carbocycles. The maximum atomic E-state index is 12.1. The minimum atomic E-state index is -0.602. The molecular weight excluding hydrogens is 358 g/mol. The molecule has 2 aromatic rings. The minimum absolute atomic E-state index is 0.0860. The van der Waals surface area contributed by atoms with Crippen LogP contribution in [-0.2, 0) is 22.7 Å². The van der Waals surface area contributed by atoms with E-state index in [1.165, 1.54) is 11.9 Å². The van der Waals surface area contributed by atoms with Crippen LogP contribution >= 0.6 is 0 Å².